The molecule has 156 valence electrons. The Morgan fingerprint density at radius 1 is 1.14 bits per heavy atom. The van der Waals surface area contributed by atoms with E-state index in [4.69, 9.17) is 4.74 Å². The van der Waals surface area contributed by atoms with Crippen LogP contribution in [0.2, 0.25) is 0 Å². The second-order valence-electron chi connectivity index (χ2n) is 6.67. The van der Waals surface area contributed by atoms with Crippen molar-refractivity contribution in [3.8, 4) is 5.75 Å². The van der Waals surface area contributed by atoms with E-state index in [0.717, 1.165) is 16.2 Å². The van der Waals surface area contributed by atoms with Gasteiger partial charge in [-0.1, -0.05) is 24.3 Å². The van der Waals surface area contributed by atoms with E-state index in [1.54, 1.807) is 50.4 Å². The lowest BCUT2D eigenvalue weighted by molar-refractivity contribution is 0.371. The van der Waals surface area contributed by atoms with Crippen LogP contribution in [0.3, 0.4) is 0 Å². The standard InChI is InChI=1S/C19H23N3O5S2/c1-4-29(25,26)22-19(14-8-10-17(27-2)11-9-14)13-18(20-22)15-6-5-7-16(12-15)21-28(3,23)24/h5-12,19,21H,4,13H2,1-3H3/t19-/m1/s1. The van der Waals surface area contributed by atoms with E-state index in [-0.39, 0.29) is 5.75 Å². The second kappa shape index (κ2) is 8.03. The Labute approximate surface area is 171 Å². The van der Waals surface area contributed by atoms with Crippen LogP contribution in [0.5, 0.6) is 5.75 Å². The van der Waals surface area contributed by atoms with E-state index in [1.165, 1.54) is 0 Å². The highest BCUT2D eigenvalue weighted by atomic mass is 32.2. The summed E-state index contributed by atoms with van der Waals surface area (Å²) in [5.41, 5.74) is 2.42. The monoisotopic (exact) mass is 437 g/mol. The van der Waals surface area contributed by atoms with Crippen LogP contribution in [0, 0.1) is 0 Å². The van der Waals surface area contributed by atoms with Crippen LogP contribution < -0.4 is 9.46 Å². The van der Waals surface area contributed by atoms with E-state index < -0.39 is 26.1 Å². The topological polar surface area (TPSA) is 105 Å². The molecule has 0 bridgehead atoms. The maximum Gasteiger partial charge on any atom is 0.250 e. The number of anilines is 1. The van der Waals surface area contributed by atoms with Crippen molar-refractivity contribution in [3.63, 3.8) is 0 Å². The van der Waals surface area contributed by atoms with Gasteiger partial charge in [-0.25, -0.2) is 16.8 Å². The van der Waals surface area contributed by atoms with Gasteiger partial charge in [-0.2, -0.15) is 9.52 Å². The summed E-state index contributed by atoms with van der Waals surface area (Å²) in [6.45, 7) is 1.57. The minimum atomic E-state index is -3.59. The van der Waals surface area contributed by atoms with Crippen LogP contribution in [0.15, 0.2) is 53.6 Å². The maximum atomic E-state index is 12.6. The minimum Gasteiger partial charge on any atom is -0.497 e. The number of nitrogens with one attached hydrogen (secondary N) is 1. The van der Waals surface area contributed by atoms with Gasteiger partial charge >= 0.3 is 0 Å². The Hall–Kier alpha value is -2.59. The van der Waals surface area contributed by atoms with Crippen molar-refractivity contribution in [2.24, 2.45) is 5.10 Å². The molecule has 1 N–H and O–H groups in total. The molecule has 0 spiro atoms. The van der Waals surface area contributed by atoms with E-state index in [2.05, 4.69) is 9.82 Å². The van der Waals surface area contributed by atoms with Gasteiger partial charge in [-0.3, -0.25) is 4.72 Å². The summed E-state index contributed by atoms with van der Waals surface area (Å²) in [5, 5.41) is 4.39. The molecule has 0 saturated heterocycles. The van der Waals surface area contributed by atoms with Crippen molar-refractivity contribution >= 4 is 31.4 Å². The summed E-state index contributed by atoms with van der Waals surface area (Å²) >= 11 is 0. The predicted molar refractivity (Wildman–Crippen MR) is 113 cm³/mol. The van der Waals surface area contributed by atoms with Gasteiger partial charge in [-0.05, 0) is 42.3 Å². The maximum absolute atomic E-state index is 12.6. The fraction of sp³-hybridized carbons (Fsp3) is 0.316. The number of sulfonamides is 2. The van der Waals surface area contributed by atoms with Crippen LogP contribution in [0.1, 0.15) is 30.5 Å². The van der Waals surface area contributed by atoms with Crippen molar-refractivity contribution in [3.05, 3.63) is 59.7 Å². The Balaban J connectivity index is 1.98. The lowest BCUT2D eigenvalue weighted by Crippen LogP contribution is -2.28. The zero-order valence-corrected chi connectivity index (χ0v) is 18.0. The Bertz CT molecular complexity index is 1130. The van der Waals surface area contributed by atoms with Gasteiger partial charge < -0.3 is 4.74 Å². The highest BCUT2D eigenvalue weighted by Crippen LogP contribution is 2.36. The number of hydrazone groups is 1. The summed E-state index contributed by atoms with van der Waals surface area (Å²) in [6, 6.07) is 13.5. The van der Waals surface area contributed by atoms with Crippen LogP contribution >= 0.6 is 0 Å². The molecule has 0 aliphatic carbocycles. The van der Waals surface area contributed by atoms with Crippen LogP contribution in [-0.2, 0) is 20.0 Å². The van der Waals surface area contributed by atoms with Gasteiger partial charge in [0.2, 0.25) is 20.0 Å². The normalized spacial score (nSPS) is 17.1. The van der Waals surface area contributed by atoms with Crippen LogP contribution in [0.4, 0.5) is 5.69 Å². The van der Waals surface area contributed by atoms with Gasteiger partial charge in [-0.15, -0.1) is 0 Å². The molecule has 0 radical (unpaired) electrons. The molecule has 1 atom stereocenters. The van der Waals surface area contributed by atoms with E-state index in [0.29, 0.717) is 29.1 Å². The SMILES string of the molecule is CCS(=O)(=O)N1N=C(c2cccc(NS(C)(=O)=O)c2)C[C@@H]1c1ccc(OC)cc1. The number of hydrogen-bond acceptors (Lipinski definition) is 6. The van der Waals surface area contributed by atoms with Crippen molar-refractivity contribution in [1.82, 2.24) is 4.41 Å². The fourth-order valence-corrected chi connectivity index (χ4v) is 4.73. The Kier molecular flexibility index (Phi) is 5.85. The molecule has 0 aromatic heterocycles. The third kappa shape index (κ3) is 4.88. The summed E-state index contributed by atoms with van der Waals surface area (Å²) in [6.07, 6.45) is 1.44. The number of nitrogens with zero attached hydrogens (tertiary/aromatic N) is 2. The largest absolute Gasteiger partial charge is 0.497 e. The van der Waals surface area contributed by atoms with E-state index in [1.807, 2.05) is 12.1 Å². The first-order valence-corrected chi connectivity index (χ1v) is 12.4. The molecule has 1 heterocycles. The molecular formula is C19H23N3O5S2. The minimum absolute atomic E-state index is 0.0773. The number of hydrogen-bond donors (Lipinski definition) is 1. The first-order valence-electron chi connectivity index (χ1n) is 8.94. The quantitative estimate of drug-likeness (QED) is 0.717. The van der Waals surface area contributed by atoms with Crippen LogP contribution in [-0.4, -0.2) is 46.1 Å². The number of rotatable bonds is 7. The smallest absolute Gasteiger partial charge is 0.250 e. The van der Waals surface area contributed by atoms with Gasteiger partial charge in [0.25, 0.3) is 0 Å². The van der Waals surface area contributed by atoms with E-state index in [9.17, 15) is 16.8 Å². The van der Waals surface area contributed by atoms with Crippen molar-refractivity contribution in [2.45, 2.75) is 19.4 Å². The highest BCUT2D eigenvalue weighted by Gasteiger charge is 2.35. The first-order chi connectivity index (χ1) is 13.6. The highest BCUT2D eigenvalue weighted by molar-refractivity contribution is 7.92. The molecule has 0 unspecified atom stereocenters. The molecule has 29 heavy (non-hydrogen) atoms. The summed E-state index contributed by atoms with van der Waals surface area (Å²) in [4.78, 5) is 0. The number of ether oxygens (including phenoxy) is 1. The Morgan fingerprint density at radius 3 is 2.41 bits per heavy atom. The molecule has 0 fully saturated rings. The van der Waals surface area contributed by atoms with Crippen molar-refractivity contribution < 1.29 is 21.6 Å². The van der Waals surface area contributed by atoms with Gasteiger partial charge in [0.1, 0.15) is 5.75 Å². The summed E-state index contributed by atoms with van der Waals surface area (Å²) in [7, 11) is -5.44. The molecular weight excluding hydrogens is 414 g/mol. The van der Waals surface area contributed by atoms with Crippen LogP contribution in [0.25, 0.3) is 0 Å². The molecule has 2 aromatic carbocycles. The van der Waals surface area contributed by atoms with Gasteiger partial charge in [0.15, 0.2) is 0 Å². The van der Waals surface area contributed by atoms with Gasteiger partial charge in [0.05, 0.1) is 30.9 Å². The molecule has 3 rings (SSSR count). The lowest BCUT2D eigenvalue weighted by Gasteiger charge is -2.22. The summed E-state index contributed by atoms with van der Waals surface area (Å²) in [5.74, 6) is 0.601. The average molecular weight is 438 g/mol. The third-order valence-corrected chi connectivity index (χ3v) is 6.76. The number of benzene rings is 2. The Morgan fingerprint density at radius 2 is 1.83 bits per heavy atom. The van der Waals surface area contributed by atoms with E-state index >= 15 is 0 Å². The first kappa shape index (κ1) is 21.1. The second-order valence-corrected chi connectivity index (χ2v) is 10.5. The molecule has 1 aliphatic heterocycles. The molecule has 0 amide bonds. The zero-order valence-electron chi connectivity index (χ0n) is 16.4. The third-order valence-electron chi connectivity index (χ3n) is 4.52. The lowest BCUT2D eigenvalue weighted by atomic mass is 9.99. The fourth-order valence-electron chi connectivity index (χ4n) is 3.10. The average Bonchev–Trinajstić information content (AvgIpc) is 3.13. The summed E-state index contributed by atoms with van der Waals surface area (Å²) < 4.78 is 57.0. The zero-order chi connectivity index (χ0) is 21.2. The molecule has 1 aliphatic rings. The van der Waals surface area contributed by atoms with Crippen molar-refractivity contribution in [2.75, 3.05) is 23.8 Å². The molecule has 10 heteroatoms. The van der Waals surface area contributed by atoms with Gasteiger partial charge in [0, 0.05) is 12.1 Å². The van der Waals surface area contributed by atoms with Crippen molar-refractivity contribution in [1.29, 1.82) is 0 Å². The molecule has 2 aromatic rings. The predicted octanol–water partition coefficient (Wildman–Crippen LogP) is 2.57. The molecule has 8 nitrogen and oxygen atoms in total. The molecule has 0 saturated carbocycles. The number of methoxy groups -OCH3 is 1.